The smallest absolute Gasteiger partial charge is 0.214 e. The van der Waals surface area contributed by atoms with Gasteiger partial charge < -0.3 is 5.73 Å². The van der Waals surface area contributed by atoms with E-state index in [0.717, 1.165) is 25.7 Å². The Balaban J connectivity index is 0. The van der Waals surface area contributed by atoms with E-state index in [1.54, 1.807) is 0 Å². The summed E-state index contributed by atoms with van der Waals surface area (Å²) in [6.07, 6.45) is 5.24. The van der Waals surface area contributed by atoms with Crippen LogP contribution in [-0.2, 0) is 9.59 Å². The summed E-state index contributed by atoms with van der Waals surface area (Å²) in [6, 6.07) is 0. The minimum atomic E-state index is -0.333. The van der Waals surface area contributed by atoms with Crippen LogP contribution in [0.1, 0.15) is 52.9 Å². The van der Waals surface area contributed by atoms with Gasteiger partial charge >= 0.3 is 0 Å². The third-order valence-electron chi connectivity index (χ3n) is 1.41. The van der Waals surface area contributed by atoms with Crippen LogP contribution in [-0.4, -0.2) is 11.7 Å². The first kappa shape index (κ1) is 14.7. The Morgan fingerprint density at radius 3 is 1.62 bits per heavy atom. The molecule has 3 heteroatoms. The summed E-state index contributed by atoms with van der Waals surface area (Å²) < 4.78 is 0. The van der Waals surface area contributed by atoms with Gasteiger partial charge in [-0.15, -0.1) is 0 Å². The van der Waals surface area contributed by atoms with Crippen molar-refractivity contribution in [1.82, 2.24) is 0 Å². The standard InChI is InChI=1S/C6H10O.C2H5NO.C2H6/c7-6-4-2-1-3-5-6;1-2(3)4;1-2/h1-5H2;1H3,(H2,3,4);1-2H3. The number of primary amides is 1. The summed E-state index contributed by atoms with van der Waals surface area (Å²) in [5.74, 6) is 0.131. The van der Waals surface area contributed by atoms with Crippen molar-refractivity contribution >= 4 is 11.7 Å². The van der Waals surface area contributed by atoms with Gasteiger partial charge in [0.1, 0.15) is 5.78 Å². The van der Waals surface area contributed by atoms with Gasteiger partial charge in [-0.05, 0) is 12.8 Å². The molecule has 0 aliphatic heterocycles. The Morgan fingerprint density at radius 1 is 1.15 bits per heavy atom. The maximum absolute atomic E-state index is 10.5. The molecule has 0 heterocycles. The summed E-state index contributed by atoms with van der Waals surface area (Å²) in [6.45, 7) is 5.31. The highest BCUT2D eigenvalue weighted by molar-refractivity contribution is 5.78. The molecule has 0 radical (unpaired) electrons. The summed E-state index contributed by atoms with van der Waals surface area (Å²) in [5.41, 5.74) is 4.47. The zero-order valence-electron chi connectivity index (χ0n) is 8.93. The summed E-state index contributed by atoms with van der Waals surface area (Å²) in [4.78, 5) is 19.7. The minimum Gasteiger partial charge on any atom is -0.370 e. The quantitative estimate of drug-likeness (QED) is 0.630. The van der Waals surface area contributed by atoms with E-state index in [1.807, 2.05) is 13.8 Å². The van der Waals surface area contributed by atoms with Gasteiger partial charge in [0.25, 0.3) is 0 Å². The molecule has 3 nitrogen and oxygen atoms in total. The van der Waals surface area contributed by atoms with E-state index in [1.165, 1.54) is 13.3 Å². The van der Waals surface area contributed by atoms with Crippen LogP contribution < -0.4 is 5.73 Å². The summed E-state index contributed by atoms with van der Waals surface area (Å²) in [5, 5.41) is 0. The molecule has 1 aliphatic rings. The Morgan fingerprint density at radius 2 is 1.46 bits per heavy atom. The second kappa shape index (κ2) is 11.1. The van der Waals surface area contributed by atoms with Gasteiger partial charge in [0.05, 0.1) is 0 Å². The SMILES string of the molecule is CC.CC(N)=O.O=C1CCCCC1. The number of Topliss-reactive ketones (excluding diaryl/α,β-unsaturated/α-hetero) is 1. The maximum Gasteiger partial charge on any atom is 0.214 e. The van der Waals surface area contributed by atoms with Crippen LogP contribution in [0.5, 0.6) is 0 Å². The molecule has 2 N–H and O–H groups in total. The van der Waals surface area contributed by atoms with Crippen LogP contribution >= 0.6 is 0 Å². The molecule has 0 spiro atoms. The normalized spacial score (nSPS) is 14.5. The molecule has 0 atom stereocenters. The van der Waals surface area contributed by atoms with Crippen LogP contribution in [0.15, 0.2) is 0 Å². The lowest BCUT2D eigenvalue weighted by Gasteiger charge is -2.05. The zero-order chi connectivity index (χ0) is 10.7. The monoisotopic (exact) mass is 187 g/mol. The number of rotatable bonds is 0. The predicted octanol–water partition coefficient (Wildman–Crippen LogP) is 2.04. The molecule has 78 valence electrons. The fourth-order valence-corrected chi connectivity index (χ4v) is 0.946. The van der Waals surface area contributed by atoms with Gasteiger partial charge in [0.15, 0.2) is 0 Å². The number of ketones is 1. The second-order valence-electron chi connectivity index (χ2n) is 2.71. The van der Waals surface area contributed by atoms with Gasteiger partial charge in [0.2, 0.25) is 5.91 Å². The predicted molar refractivity (Wildman–Crippen MR) is 54.3 cm³/mol. The Bertz CT molecular complexity index is 132. The molecule has 0 aromatic heterocycles. The molecule has 0 unspecified atom stereocenters. The molecule has 1 amide bonds. The van der Waals surface area contributed by atoms with Crippen LogP contribution in [0.2, 0.25) is 0 Å². The number of nitrogens with two attached hydrogens (primary N) is 1. The summed E-state index contributed by atoms with van der Waals surface area (Å²) in [7, 11) is 0. The average molecular weight is 187 g/mol. The van der Waals surface area contributed by atoms with Crippen molar-refractivity contribution in [2.45, 2.75) is 52.9 Å². The van der Waals surface area contributed by atoms with E-state index in [9.17, 15) is 9.59 Å². The maximum atomic E-state index is 10.5. The molecule has 0 saturated heterocycles. The highest BCUT2D eigenvalue weighted by atomic mass is 16.1. The third-order valence-corrected chi connectivity index (χ3v) is 1.41. The highest BCUT2D eigenvalue weighted by Gasteiger charge is 2.05. The number of hydrogen-bond donors (Lipinski definition) is 1. The van der Waals surface area contributed by atoms with Gasteiger partial charge in [-0.1, -0.05) is 20.3 Å². The highest BCUT2D eigenvalue weighted by Crippen LogP contribution is 2.12. The molecule has 1 saturated carbocycles. The molecule has 0 aromatic carbocycles. The fourth-order valence-electron chi connectivity index (χ4n) is 0.946. The molecule has 0 aromatic rings. The first-order valence-electron chi connectivity index (χ1n) is 4.90. The van der Waals surface area contributed by atoms with E-state index in [0.29, 0.717) is 5.78 Å². The number of carbonyl (C=O) groups excluding carboxylic acids is 2. The first-order chi connectivity index (χ1) is 6.13. The second-order valence-corrected chi connectivity index (χ2v) is 2.71. The fraction of sp³-hybridized carbons (Fsp3) is 0.800. The Hall–Kier alpha value is -0.860. The largest absolute Gasteiger partial charge is 0.370 e. The lowest BCUT2D eigenvalue weighted by molar-refractivity contribution is -0.120. The first-order valence-corrected chi connectivity index (χ1v) is 4.90. The molecule has 1 aliphatic carbocycles. The van der Waals surface area contributed by atoms with Crippen molar-refractivity contribution in [2.24, 2.45) is 5.73 Å². The van der Waals surface area contributed by atoms with Crippen LogP contribution in [0, 0.1) is 0 Å². The van der Waals surface area contributed by atoms with E-state index in [-0.39, 0.29) is 5.91 Å². The van der Waals surface area contributed by atoms with Crippen molar-refractivity contribution in [2.75, 3.05) is 0 Å². The lowest BCUT2D eigenvalue weighted by atomic mass is 10.00. The number of carbonyl (C=O) groups is 2. The zero-order valence-corrected chi connectivity index (χ0v) is 8.93. The van der Waals surface area contributed by atoms with Crippen LogP contribution in [0.3, 0.4) is 0 Å². The Kier molecular flexibility index (Phi) is 12.6. The van der Waals surface area contributed by atoms with Crippen molar-refractivity contribution in [3.8, 4) is 0 Å². The molecule has 1 fully saturated rings. The van der Waals surface area contributed by atoms with Gasteiger partial charge in [0, 0.05) is 19.8 Å². The summed E-state index contributed by atoms with van der Waals surface area (Å²) >= 11 is 0. The third kappa shape index (κ3) is 18.3. The van der Waals surface area contributed by atoms with E-state index >= 15 is 0 Å². The molecule has 0 bridgehead atoms. The van der Waals surface area contributed by atoms with Gasteiger partial charge in [-0.2, -0.15) is 0 Å². The van der Waals surface area contributed by atoms with Crippen LogP contribution in [0.25, 0.3) is 0 Å². The van der Waals surface area contributed by atoms with E-state index in [4.69, 9.17) is 0 Å². The van der Waals surface area contributed by atoms with Crippen molar-refractivity contribution in [3.63, 3.8) is 0 Å². The number of hydrogen-bond acceptors (Lipinski definition) is 2. The lowest BCUT2D eigenvalue weighted by Crippen LogP contribution is -2.02. The minimum absolute atomic E-state index is 0.333. The number of amides is 1. The average Bonchev–Trinajstić information content (AvgIpc) is 2.08. The van der Waals surface area contributed by atoms with Crippen LogP contribution in [0.4, 0.5) is 0 Å². The molecular formula is C10H21NO2. The topological polar surface area (TPSA) is 60.2 Å². The molecule has 1 rings (SSSR count). The molecular weight excluding hydrogens is 166 g/mol. The van der Waals surface area contributed by atoms with E-state index < -0.39 is 0 Å². The van der Waals surface area contributed by atoms with Crippen molar-refractivity contribution < 1.29 is 9.59 Å². The van der Waals surface area contributed by atoms with E-state index in [2.05, 4.69) is 5.73 Å². The van der Waals surface area contributed by atoms with Crippen molar-refractivity contribution in [1.29, 1.82) is 0 Å². The Labute approximate surface area is 80.7 Å². The van der Waals surface area contributed by atoms with Crippen molar-refractivity contribution in [3.05, 3.63) is 0 Å². The van der Waals surface area contributed by atoms with Gasteiger partial charge in [-0.3, -0.25) is 9.59 Å². The van der Waals surface area contributed by atoms with Gasteiger partial charge in [-0.25, -0.2) is 0 Å². The molecule has 13 heavy (non-hydrogen) atoms.